The first-order chi connectivity index (χ1) is 16.8. The summed E-state index contributed by atoms with van der Waals surface area (Å²) in [7, 11) is 3.84. The van der Waals surface area contributed by atoms with Crippen molar-refractivity contribution in [1.82, 2.24) is 20.0 Å². The molecule has 1 aliphatic carbocycles. The normalized spacial score (nSPS) is 17.7. The van der Waals surface area contributed by atoms with Gasteiger partial charge in [-0.15, -0.1) is 0 Å². The number of likely N-dealkylation sites (tertiary alicyclic amines) is 1. The van der Waals surface area contributed by atoms with Crippen molar-refractivity contribution < 1.29 is 14.4 Å². The maximum absolute atomic E-state index is 13.5. The van der Waals surface area contributed by atoms with Crippen molar-refractivity contribution in [1.29, 1.82) is 0 Å². The van der Waals surface area contributed by atoms with Crippen LogP contribution in [0.4, 0.5) is 0 Å². The van der Waals surface area contributed by atoms with Crippen LogP contribution in [0.1, 0.15) is 63.9 Å². The van der Waals surface area contributed by atoms with Crippen LogP contribution in [0, 0.1) is 0 Å². The number of halogens is 1. The van der Waals surface area contributed by atoms with Crippen LogP contribution in [0.5, 0.6) is 0 Å². The highest BCUT2D eigenvalue weighted by Gasteiger charge is 2.42. The van der Waals surface area contributed by atoms with Gasteiger partial charge in [-0.2, -0.15) is 0 Å². The van der Waals surface area contributed by atoms with Crippen LogP contribution >= 0.6 is 11.6 Å². The van der Waals surface area contributed by atoms with Gasteiger partial charge in [0.25, 0.3) is 0 Å². The van der Waals surface area contributed by atoms with Gasteiger partial charge in [0.2, 0.25) is 17.7 Å². The SMILES string of the molecule is CCCC(=O)N(C1CCCCC1)C1CN(C(=O)C(Cc2ccc(Cl)cc2)NC(=O)CCN(C)C)C1. The maximum Gasteiger partial charge on any atom is 0.245 e. The minimum atomic E-state index is -0.638. The highest BCUT2D eigenvalue weighted by Crippen LogP contribution is 2.29. The third kappa shape index (κ3) is 7.94. The van der Waals surface area contributed by atoms with E-state index in [-0.39, 0.29) is 23.8 Å². The van der Waals surface area contributed by atoms with Crippen molar-refractivity contribution >= 4 is 29.3 Å². The summed E-state index contributed by atoms with van der Waals surface area (Å²) in [6, 6.07) is 7.10. The fourth-order valence-electron chi connectivity index (χ4n) is 5.09. The van der Waals surface area contributed by atoms with Gasteiger partial charge in [-0.25, -0.2) is 0 Å². The summed E-state index contributed by atoms with van der Waals surface area (Å²) in [6.45, 7) is 3.73. The van der Waals surface area contributed by atoms with E-state index >= 15 is 0 Å². The minimum absolute atomic E-state index is 0.0710. The number of rotatable bonds is 11. The molecular weight excluding hydrogens is 464 g/mol. The Kier molecular flexibility index (Phi) is 10.4. The molecule has 194 valence electrons. The number of carbonyl (C=O) groups excluding carboxylic acids is 3. The average molecular weight is 505 g/mol. The van der Waals surface area contributed by atoms with Crippen molar-refractivity contribution in [2.24, 2.45) is 0 Å². The van der Waals surface area contributed by atoms with Crippen LogP contribution in [-0.4, -0.2) is 84.3 Å². The second kappa shape index (κ2) is 13.3. The van der Waals surface area contributed by atoms with Gasteiger partial charge < -0.3 is 20.0 Å². The highest BCUT2D eigenvalue weighted by atomic mass is 35.5. The van der Waals surface area contributed by atoms with Crippen molar-refractivity contribution in [3.05, 3.63) is 34.9 Å². The summed E-state index contributed by atoms with van der Waals surface area (Å²) in [5, 5.41) is 3.60. The van der Waals surface area contributed by atoms with Gasteiger partial charge in [-0.1, -0.05) is 49.9 Å². The van der Waals surface area contributed by atoms with Gasteiger partial charge in [0.05, 0.1) is 6.04 Å². The molecule has 0 bridgehead atoms. The molecule has 1 N–H and O–H groups in total. The topological polar surface area (TPSA) is 73.0 Å². The molecule has 0 aromatic heterocycles. The first-order valence-electron chi connectivity index (χ1n) is 13.1. The van der Waals surface area contributed by atoms with Gasteiger partial charge in [-0.3, -0.25) is 14.4 Å². The zero-order valence-electron chi connectivity index (χ0n) is 21.5. The molecule has 1 aromatic rings. The fraction of sp³-hybridized carbons (Fsp3) is 0.667. The predicted molar refractivity (Wildman–Crippen MR) is 139 cm³/mol. The first kappa shape index (κ1) is 27.5. The Labute approximate surface area is 215 Å². The van der Waals surface area contributed by atoms with Gasteiger partial charge in [0, 0.05) is 50.0 Å². The Hall–Kier alpha value is -2.12. The molecule has 1 atom stereocenters. The van der Waals surface area contributed by atoms with Gasteiger partial charge in [0.1, 0.15) is 6.04 Å². The Morgan fingerprint density at radius 2 is 1.69 bits per heavy atom. The molecule has 0 radical (unpaired) electrons. The number of carbonyl (C=O) groups is 3. The van der Waals surface area contributed by atoms with Crippen molar-refractivity contribution in [2.45, 2.75) is 82.8 Å². The third-order valence-corrected chi connectivity index (χ3v) is 7.31. The first-order valence-corrected chi connectivity index (χ1v) is 13.4. The Morgan fingerprint density at radius 3 is 2.29 bits per heavy atom. The van der Waals surface area contributed by atoms with E-state index in [2.05, 4.69) is 10.2 Å². The van der Waals surface area contributed by atoms with Crippen LogP contribution in [0.3, 0.4) is 0 Å². The molecule has 1 heterocycles. The molecular formula is C27H41ClN4O3. The minimum Gasteiger partial charge on any atom is -0.344 e. The summed E-state index contributed by atoms with van der Waals surface area (Å²) in [6.07, 6.45) is 7.81. The molecule has 35 heavy (non-hydrogen) atoms. The number of hydrogen-bond donors (Lipinski definition) is 1. The van der Waals surface area contributed by atoms with Crippen molar-refractivity contribution in [3.8, 4) is 0 Å². The monoisotopic (exact) mass is 504 g/mol. The summed E-state index contributed by atoms with van der Waals surface area (Å²) < 4.78 is 0. The van der Waals surface area contributed by atoms with E-state index in [9.17, 15) is 14.4 Å². The molecule has 2 fully saturated rings. The summed E-state index contributed by atoms with van der Waals surface area (Å²) >= 11 is 6.02. The predicted octanol–water partition coefficient (Wildman–Crippen LogP) is 3.49. The van der Waals surface area contributed by atoms with E-state index in [0.717, 1.165) is 37.7 Å². The molecule has 3 rings (SSSR count). The van der Waals surface area contributed by atoms with E-state index in [1.165, 1.54) is 6.42 Å². The molecule has 1 aliphatic heterocycles. The molecule has 3 amide bonds. The zero-order valence-corrected chi connectivity index (χ0v) is 22.2. The lowest BCUT2D eigenvalue weighted by Crippen LogP contribution is -2.67. The fourth-order valence-corrected chi connectivity index (χ4v) is 5.21. The molecule has 7 nitrogen and oxygen atoms in total. The number of hydrogen-bond acceptors (Lipinski definition) is 4. The second-order valence-corrected chi connectivity index (χ2v) is 10.7. The molecule has 1 saturated carbocycles. The molecule has 1 saturated heterocycles. The Bertz CT molecular complexity index is 848. The number of amides is 3. The van der Waals surface area contributed by atoms with Gasteiger partial charge in [0.15, 0.2) is 0 Å². The zero-order chi connectivity index (χ0) is 25.4. The van der Waals surface area contributed by atoms with E-state index in [4.69, 9.17) is 11.6 Å². The average Bonchev–Trinajstić information content (AvgIpc) is 2.81. The lowest BCUT2D eigenvalue weighted by Gasteiger charge is -2.49. The lowest BCUT2D eigenvalue weighted by molar-refractivity contribution is -0.152. The quantitative estimate of drug-likeness (QED) is 0.500. The highest BCUT2D eigenvalue weighted by molar-refractivity contribution is 6.30. The third-order valence-electron chi connectivity index (χ3n) is 7.06. The van der Waals surface area contributed by atoms with E-state index in [0.29, 0.717) is 50.0 Å². The Morgan fingerprint density at radius 1 is 1.03 bits per heavy atom. The van der Waals surface area contributed by atoms with Crippen molar-refractivity contribution in [2.75, 3.05) is 33.7 Å². The second-order valence-electron chi connectivity index (χ2n) is 10.2. The smallest absolute Gasteiger partial charge is 0.245 e. The van der Waals surface area contributed by atoms with Gasteiger partial charge >= 0.3 is 0 Å². The molecule has 1 unspecified atom stereocenters. The molecule has 2 aliphatic rings. The number of nitrogens with one attached hydrogen (secondary N) is 1. The van der Waals surface area contributed by atoms with Crippen LogP contribution in [0.2, 0.25) is 5.02 Å². The standard InChI is InChI=1S/C27H41ClN4O3/c1-4-8-26(34)32(22-9-6-5-7-10-22)23-18-31(19-23)27(35)24(29-25(33)15-16-30(2)3)17-20-11-13-21(28)14-12-20/h11-14,22-24H,4-10,15-19H2,1-3H3,(H,29,33). The molecule has 8 heteroatoms. The largest absolute Gasteiger partial charge is 0.344 e. The number of benzene rings is 1. The Balaban J connectivity index is 1.66. The summed E-state index contributed by atoms with van der Waals surface area (Å²) in [5.74, 6) is -0.00261. The number of nitrogens with zero attached hydrogens (tertiary/aromatic N) is 3. The summed E-state index contributed by atoms with van der Waals surface area (Å²) in [4.78, 5) is 44.9. The maximum atomic E-state index is 13.5. The van der Waals surface area contributed by atoms with Crippen LogP contribution in [0.25, 0.3) is 0 Å². The van der Waals surface area contributed by atoms with E-state index < -0.39 is 6.04 Å². The van der Waals surface area contributed by atoms with Gasteiger partial charge in [-0.05, 0) is 51.1 Å². The van der Waals surface area contributed by atoms with E-state index in [1.807, 2.05) is 38.1 Å². The molecule has 1 aromatic carbocycles. The van der Waals surface area contributed by atoms with Crippen LogP contribution in [0.15, 0.2) is 24.3 Å². The lowest BCUT2D eigenvalue weighted by atomic mass is 9.91. The summed E-state index contributed by atoms with van der Waals surface area (Å²) in [5.41, 5.74) is 0.944. The van der Waals surface area contributed by atoms with E-state index in [1.54, 1.807) is 17.0 Å². The molecule has 0 spiro atoms. The van der Waals surface area contributed by atoms with Crippen LogP contribution in [-0.2, 0) is 20.8 Å². The van der Waals surface area contributed by atoms with Crippen LogP contribution < -0.4 is 5.32 Å². The van der Waals surface area contributed by atoms with Crippen molar-refractivity contribution in [3.63, 3.8) is 0 Å².